The Kier molecular flexibility index (Phi) is 11.5. The number of benzene rings is 1. The van der Waals surface area contributed by atoms with Crippen LogP contribution in [0.15, 0.2) is 72.4 Å². The van der Waals surface area contributed by atoms with Crippen molar-refractivity contribution in [3.05, 3.63) is 78.6 Å². The fraction of sp³-hybridized carbons (Fsp3) is 0.419. The number of carbonyl (C=O) groups is 1. The Bertz CT molecular complexity index is 1300. The van der Waals surface area contributed by atoms with Crippen molar-refractivity contribution >= 4 is 17.6 Å². The summed E-state index contributed by atoms with van der Waals surface area (Å²) >= 11 is 0. The molecule has 0 aliphatic carbocycles. The largest absolute Gasteiger partial charge is 0.462 e. The lowest BCUT2D eigenvalue weighted by atomic mass is 10.1. The van der Waals surface area contributed by atoms with Crippen LogP contribution in [-0.2, 0) is 16.1 Å². The van der Waals surface area contributed by atoms with Crippen LogP contribution < -0.4 is 22.1 Å². The zero-order valence-corrected chi connectivity index (χ0v) is 24.8. The number of aliphatic imine (C=N–C) groups is 1. The number of nitrogens with two attached hydrogens (primary N) is 2. The van der Waals surface area contributed by atoms with Gasteiger partial charge in [-0.3, -0.25) is 14.8 Å². The maximum atomic E-state index is 12.3. The van der Waals surface area contributed by atoms with E-state index >= 15 is 0 Å². The van der Waals surface area contributed by atoms with Gasteiger partial charge >= 0.3 is 5.97 Å². The zero-order valence-electron chi connectivity index (χ0n) is 24.8. The number of carbonyl (C=O) groups excluding carboxylic acids is 1. The molecule has 6 N–H and O–H groups in total. The van der Waals surface area contributed by atoms with Crippen molar-refractivity contribution in [2.24, 2.45) is 22.4 Å². The lowest BCUT2D eigenvalue weighted by Gasteiger charge is -2.23. The minimum atomic E-state index is -0.627. The second kappa shape index (κ2) is 15.0. The van der Waals surface area contributed by atoms with Gasteiger partial charge < -0.3 is 31.4 Å². The lowest BCUT2D eigenvalue weighted by molar-refractivity contribution is -0.146. The van der Waals surface area contributed by atoms with E-state index in [-0.39, 0.29) is 18.7 Å². The number of nitrogens with zero attached hydrogens (tertiary/aromatic N) is 4. The summed E-state index contributed by atoms with van der Waals surface area (Å²) in [6.07, 6.45) is 4.81. The Morgan fingerprint density at radius 1 is 1.12 bits per heavy atom. The molecule has 10 heteroatoms. The molecule has 0 amide bonds. The number of esters is 1. The van der Waals surface area contributed by atoms with E-state index in [4.69, 9.17) is 16.2 Å². The number of amidine groups is 1. The quantitative estimate of drug-likeness (QED) is 0.120. The third-order valence-electron chi connectivity index (χ3n) is 6.53. The molecule has 2 aromatic heterocycles. The van der Waals surface area contributed by atoms with Crippen LogP contribution in [0.5, 0.6) is 0 Å². The molecule has 41 heavy (non-hydrogen) atoms. The standard InChI is InChI=1S/C31H44N8O2/c1-7-25(18-41-31(40)26(32)16-20(2)3)37-22(6)38-30-28(36-19-39(30)21(4)5)29(33)35-17-23-11-13-24(14-12-23)27-10-8-9-15-34-27/h8-15,19-21,25-26,37-38H,6-7,16-18,32H2,1-5H3,(H2,33,35)/t25-,26?/m1/s1. The first-order valence-corrected chi connectivity index (χ1v) is 14.1. The highest BCUT2D eigenvalue weighted by molar-refractivity contribution is 6.00. The van der Waals surface area contributed by atoms with E-state index in [1.165, 1.54) is 0 Å². The molecular weight excluding hydrogens is 516 g/mol. The van der Waals surface area contributed by atoms with Crippen LogP contribution in [0.4, 0.5) is 5.82 Å². The minimum absolute atomic E-state index is 0.115. The predicted octanol–water partition coefficient (Wildman–Crippen LogP) is 4.60. The maximum absolute atomic E-state index is 12.3. The van der Waals surface area contributed by atoms with Gasteiger partial charge in [-0.15, -0.1) is 0 Å². The molecule has 0 saturated heterocycles. The van der Waals surface area contributed by atoms with Gasteiger partial charge in [-0.2, -0.15) is 0 Å². The molecule has 2 heterocycles. The number of rotatable bonds is 15. The molecule has 220 valence electrons. The van der Waals surface area contributed by atoms with E-state index in [1.807, 2.05) is 67.8 Å². The molecule has 0 fully saturated rings. The second-order valence-corrected chi connectivity index (χ2v) is 10.8. The van der Waals surface area contributed by atoms with Crippen molar-refractivity contribution < 1.29 is 9.53 Å². The first-order valence-electron chi connectivity index (χ1n) is 14.1. The molecule has 10 nitrogen and oxygen atoms in total. The first-order chi connectivity index (χ1) is 19.6. The highest BCUT2D eigenvalue weighted by Gasteiger charge is 2.20. The third kappa shape index (κ3) is 9.18. The fourth-order valence-electron chi connectivity index (χ4n) is 4.21. The molecule has 1 aromatic carbocycles. The van der Waals surface area contributed by atoms with Gasteiger partial charge in [0.05, 0.1) is 30.4 Å². The van der Waals surface area contributed by atoms with Crippen LogP contribution in [-0.4, -0.2) is 45.0 Å². The van der Waals surface area contributed by atoms with Crippen LogP contribution in [0.1, 0.15) is 64.8 Å². The molecule has 1 unspecified atom stereocenters. The van der Waals surface area contributed by atoms with Gasteiger partial charge in [0.2, 0.25) is 0 Å². The Morgan fingerprint density at radius 2 is 1.85 bits per heavy atom. The molecule has 3 rings (SSSR count). The van der Waals surface area contributed by atoms with Crippen molar-refractivity contribution in [2.75, 3.05) is 11.9 Å². The molecule has 0 bridgehead atoms. The Labute approximate surface area is 243 Å². The lowest BCUT2D eigenvalue weighted by Crippen LogP contribution is -2.39. The predicted molar refractivity (Wildman–Crippen MR) is 165 cm³/mol. The summed E-state index contributed by atoms with van der Waals surface area (Å²) < 4.78 is 7.44. The van der Waals surface area contributed by atoms with Crippen molar-refractivity contribution in [3.63, 3.8) is 0 Å². The Morgan fingerprint density at radius 3 is 2.46 bits per heavy atom. The number of aromatic nitrogens is 3. The molecule has 0 saturated carbocycles. The summed E-state index contributed by atoms with van der Waals surface area (Å²) in [4.78, 5) is 25.8. The van der Waals surface area contributed by atoms with Gasteiger partial charge in [0, 0.05) is 17.8 Å². The van der Waals surface area contributed by atoms with Gasteiger partial charge in [0.25, 0.3) is 0 Å². The van der Waals surface area contributed by atoms with Crippen molar-refractivity contribution in [2.45, 2.75) is 72.1 Å². The fourth-order valence-corrected chi connectivity index (χ4v) is 4.21. The van der Waals surface area contributed by atoms with Crippen molar-refractivity contribution in [3.8, 4) is 11.3 Å². The average Bonchev–Trinajstić information content (AvgIpc) is 3.37. The summed E-state index contributed by atoms with van der Waals surface area (Å²) in [5.41, 5.74) is 15.9. The van der Waals surface area contributed by atoms with Gasteiger partial charge in [-0.25, -0.2) is 4.98 Å². The molecule has 0 spiro atoms. The van der Waals surface area contributed by atoms with Gasteiger partial charge in [-0.05, 0) is 50.3 Å². The summed E-state index contributed by atoms with van der Waals surface area (Å²) in [7, 11) is 0. The Hall–Kier alpha value is -4.18. The van der Waals surface area contributed by atoms with Crippen LogP contribution in [0.2, 0.25) is 0 Å². The van der Waals surface area contributed by atoms with Gasteiger partial charge in [0.15, 0.2) is 0 Å². The summed E-state index contributed by atoms with van der Waals surface area (Å²) in [5, 5.41) is 6.61. The monoisotopic (exact) mass is 560 g/mol. The number of nitrogens with one attached hydrogen (secondary N) is 2. The number of imidazole rings is 1. The molecule has 3 aromatic rings. The number of ether oxygens (including phenoxy) is 1. The first kappa shape index (κ1) is 31.3. The van der Waals surface area contributed by atoms with Crippen LogP contribution >= 0.6 is 0 Å². The van der Waals surface area contributed by atoms with E-state index in [2.05, 4.69) is 46.0 Å². The van der Waals surface area contributed by atoms with E-state index in [9.17, 15) is 4.79 Å². The number of pyridine rings is 1. The SMILES string of the molecule is C=C(Nc1c(C(N)=NCc2ccc(-c3ccccn3)cc2)ncn1C(C)C)N[C@H](CC)COC(=O)C(N)CC(C)C. The number of hydrogen-bond acceptors (Lipinski definition) is 8. The second-order valence-electron chi connectivity index (χ2n) is 10.8. The van der Waals surface area contributed by atoms with Crippen LogP contribution in [0, 0.1) is 5.92 Å². The molecule has 0 radical (unpaired) electrons. The van der Waals surface area contributed by atoms with E-state index in [0.29, 0.717) is 48.5 Å². The highest BCUT2D eigenvalue weighted by Crippen LogP contribution is 2.22. The van der Waals surface area contributed by atoms with E-state index in [1.54, 1.807) is 12.5 Å². The summed E-state index contributed by atoms with van der Waals surface area (Å²) in [6.45, 7) is 14.9. The van der Waals surface area contributed by atoms with Gasteiger partial charge in [0.1, 0.15) is 30.0 Å². The summed E-state index contributed by atoms with van der Waals surface area (Å²) in [6, 6.07) is 13.3. The summed E-state index contributed by atoms with van der Waals surface area (Å²) in [5.74, 6) is 1.44. The highest BCUT2D eigenvalue weighted by atomic mass is 16.5. The molecule has 0 aliphatic heterocycles. The molecule has 2 atom stereocenters. The van der Waals surface area contributed by atoms with Crippen molar-refractivity contribution in [1.29, 1.82) is 0 Å². The van der Waals surface area contributed by atoms with Crippen LogP contribution in [0.25, 0.3) is 11.3 Å². The molecule has 0 aliphatic rings. The van der Waals surface area contributed by atoms with Gasteiger partial charge in [-0.1, -0.05) is 57.7 Å². The van der Waals surface area contributed by atoms with E-state index < -0.39 is 12.0 Å². The maximum Gasteiger partial charge on any atom is 0.322 e. The smallest absolute Gasteiger partial charge is 0.322 e. The number of hydrogen-bond donors (Lipinski definition) is 4. The minimum Gasteiger partial charge on any atom is -0.462 e. The Balaban J connectivity index is 1.66. The average molecular weight is 561 g/mol. The number of anilines is 1. The van der Waals surface area contributed by atoms with Crippen molar-refractivity contribution in [1.82, 2.24) is 19.9 Å². The van der Waals surface area contributed by atoms with E-state index in [0.717, 1.165) is 16.8 Å². The van der Waals surface area contributed by atoms with Crippen LogP contribution in [0.3, 0.4) is 0 Å². The zero-order chi connectivity index (χ0) is 29.9. The third-order valence-corrected chi connectivity index (χ3v) is 6.53. The molecular formula is C31H44N8O2. The topological polar surface area (TPSA) is 145 Å². The normalized spacial score (nSPS) is 13.2.